The van der Waals surface area contributed by atoms with E-state index in [0.717, 1.165) is 10.2 Å². The summed E-state index contributed by atoms with van der Waals surface area (Å²) in [5.74, 6) is 1.03. The van der Waals surface area contributed by atoms with Crippen molar-refractivity contribution < 1.29 is 0 Å². The van der Waals surface area contributed by atoms with Crippen molar-refractivity contribution in [1.82, 2.24) is 0 Å². The Labute approximate surface area is 119 Å². The van der Waals surface area contributed by atoms with Gasteiger partial charge in [-0.05, 0) is 42.2 Å². The molecule has 0 spiro atoms. The summed E-state index contributed by atoms with van der Waals surface area (Å²) in [6.07, 6.45) is 2.13. The van der Waals surface area contributed by atoms with Crippen LogP contribution in [0.2, 0.25) is 0 Å². The van der Waals surface area contributed by atoms with Crippen LogP contribution >= 0.6 is 39.5 Å². The first kappa shape index (κ1) is 13.1. The second-order valence-corrected chi connectivity index (χ2v) is 6.37. The number of hydrogen-bond acceptors (Lipinski definition) is 2. The molecule has 0 atom stereocenters. The molecule has 0 N–H and O–H groups in total. The van der Waals surface area contributed by atoms with Crippen LogP contribution < -0.4 is 0 Å². The van der Waals surface area contributed by atoms with E-state index in [9.17, 15) is 0 Å². The molecule has 0 radical (unpaired) electrons. The van der Waals surface area contributed by atoms with Crippen molar-refractivity contribution in [2.24, 2.45) is 0 Å². The van der Waals surface area contributed by atoms with Gasteiger partial charge in [-0.25, -0.2) is 0 Å². The molecular formula is C14H13BrS2. The van der Waals surface area contributed by atoms with Gasteiger partial charge in [0.1, 0.15) is 0 Å². The third kappa shape index (κ3) is 3.80. The Morgan fingerprint density at radius 3 is 2.41 bits per heavy atom. The van der Waals surface area contributed by atoms with E-state index in [2.05, 4.69) is 70.7 Å². The molecule has 0 heterocycles. The quantitative estimate of drug-likeness (QED) is 0.684. The highest BCUT2D eigenvalue weighted by Crippen LogP contribution is 2.28. The van der Waals surface area contributed by atoms with Gasteiger partial charge in [-0.3, -0.25) is 0 Å². The third-order valence-electron chi connectivity index (χ3n) is 2.40. The first-order valence-electron chi connectivity index (χ1n) is 5.30. The molecule has 17 heavy (non-hydrogen) atoms. The predicted molar refractivity (Wildman–Crippen MR) is 81.9 cm³/mol. The molecule has 0 amide bonds. The molecule has 0 unspecified atom stereocenters. The molecule has 0 saturated carbocycles. The fraction of sp³-hybridized carbons (Fsp3) is 0.143. The van der Waals surface area contributed by atoms with Crippen molar-refractivity contribution in [3.63, 3.8) is 0 Å². The number of thioether (sulfide) groups is 2. The molecule has 0 nitrogen and oxygen atoms in total. The van der Waals surface area contributed by atoms with Crippen molar-refractivity contribution in [2.75, 3.05) is 6.26 Å². The van der Waals surface area contributed by atoms with Crippen LogP contribution in [0.5, 0.6) is 0 Å². The summed E-state index contributed by atoms with van der Waals surface area (Å²) in [7, 11) is 0. The first-order valence-corrected chi connectivity index (χ1v) is 8.30. The summed E-state index contributed by atoms with van der Waals surface area (Å²) < 4.78 is 1.13. The molecule has 2 aromatic rings. The van der Waals surface area contributed by atoms with Gasteiger partial charge in [-0.2, -0.15) is 0 Å². The Morgan fingerprint density at radius 2 is 1.71 bits per heavy atom. The van der Waals surface area contributed by atoms with E-state index >= 15 is 0 Å². The van der Waals surface area contributed by atoms with Gasteiger partial charge in [0.15, 0.2) is 0 Å². The van der Waals surface area contributed by atoms with Crippen molar-refractivity contribution in [3.8, 4) is 0 Å². The zero-order valence-corrected chi connectivity index (χ0v) is 12.7. The largest absolute Gasteiger partial charge is 0.129 e. The summed E-state index contributed by atoms with van der Waals surface area (Å²) in [4.78, 5) is 2.68. The lowest BCUT2D eigenvalue weighted by atomic mass is 10.2. The molecule has 88 valence electrons. The molecule has 0 aromatic heterocycles. The van der Waals surface area contributed by atoms with E-state index in [1.54, 1.807) is 0 Å². The average Bonchev–Trinajstić information content (AvgIpc) is 2.38. The summed E-state index contributed by atoms with van der Waals surface area (Å²) in [6, 6.07) is 17.1. The van der Waals surface area contributed by atoms with Crippen LogP contribution in [0.1, 0.15) is 5.56 Å². The zero-order chi connectivity index (χ0) is 12.1. The Bertz CT molecular complexity index is 480. The van der Waals surface area contributed by atoms with Gasteiger partial charge in [-0.1, -0.05) is 34.1 Å². The highest BCUT2D eigenvalue weighted by molar-refractivity contribution is 9.10. The third-order valence-corrected chi connectivity index (χ3v) is 4.83. The topological polar surface area (TPSA) is 0 Å². The van der Waals surface area contributed by atoms with Gasteiger partial charge in [0.25, 0.3) is 0 Å². The van der Waals surface area contributed by atoms with Gasteiger partial charge >= 0.3 is 0 Å². The van der Waals surface area contributed by atoms with Crippen molar-refractivity contribution in [2.45, 2.75) is 15.5 Å². The fourth-order valence-corrected chi connectivity index (χ4v) is 3.39. The van der Waals surface area contributed by atoms with Crippen LogP contribution in [0.4, 0.5) is 0 Å². The van der Waals surface area contributed by atoms with Crippen LogP contribution in [0.25, 0.3) is 0 Å². The van der Waals surface area contributed by atoms with Crippen LogP contribution in [0.15, 0.2) is 62.8 Å². The molecule has 0 aliphatic rings. The van der Waals surface area contributed by atoms with Crippen LogP contribution in [-0.2, 0) is 5.75 Å². The van der Waals surface area contributed by atoms with Crippen molar-refractivity contribution in [3.05, 3.63) is 58.6 Å². The normalized spacial score (nSPS) is 10.5. The van der Waals surface area contributed by atoms with Gasteiger partial charge in [0, 0.05) is 20.0 Å². The molecule has 3 heteroatoms. The minimum Gasteiger partial charge on any atom is -0.129 e. The van der Waals surface area contributed by atoms with E-state index in [0.29, 0.717) is 0 Å². The minimum absolute atomic E-state index is 1.03. The van der Waals surface area contributed by atoms with Crippen LogP contribution in [0, 0.1) is 0 Å². The van der Waals surface area contributed by atoms with Crippen molar-refractivity contribution >= 4 is 39.5 Å². The molecule has 0 saturated heterocycles. The summed E-state index contributed by atoms with van der Waals surface area (Å²) in [5, 5.41) is 0. The molecule has 0 bridgehead atoms. The van der Waals surface area contributed by atoms with E-state index < -0.39 is 0 Å². The number of rotatable bonds is 4. The minimum atomic E-state index is 1.03. The monoisotopic (exact) mass is 324 g/mol. The maximum atomic E-state index is 3.45. The van der Waals surface area contributed by atoms with Gasteiger partial charge in [0.2, 0.25) is 0 Å². The number of benzene rings is 2. The molecule has 0 aliphatic heterocycles. The van der Waals surface area contributed by atoms with E-state index in [1.165, 1.54) is 15.4 Å². The average molecular weight is 325 g/mol. The van der Waals surface area contributed by atoms with E-state index in [4.69, 9.17) is 0 Å². The SMILES string of the molecule is CSc1ccccc1CSc1ccc(Br)cc1. The van der Waals surface area contributed by atoms with Crippen LogP contribution in [-0.4, -0.2) is 6.26 Å². The summed E-state index contributed by atoms with van der Waals surface area (Å²) in [6.45, 7) is 0. The maximum absolute atomic E-state index is 3.45. The lowest BCUT2D eigenvalue weighted by Crippen LogP contribution is -1.84. The predicted octanol–water partition coefficient (Wildman–Crippen LogP) is 5.46. The van der Waals surface area contributed by atoms with Gasteiger partial charge in [-0.15, -0.1) is 23.5 Å². The van der Waals surface area contributed by atoms with E-state index in [1.807, 2.05) is 23.5 Å². The molecule has 0 fully saturated rings. The van der Waals surface area contributed by atoms with Crippen LogP contribution in [0.3, 0.4) is 0 Å². The smallest absolute Gasteiger partial charge is 0.0243 e. The highest BCUT2D eigenvalue weighted by Gasteiger charge is 2.01. The Hall–Kier alpha value is -0.380. The highest BCUT2D eigenvalue weighted by atomic mass is 79.9. The number of hydrogen-bond donors (Lipinski definition) is 0. The van der Waals surface area contributed by atoms with Gasteiger partial charge < -0.3 is 0 Å². The molecule has 2 rings (SSSR count). The Morgan fingerprint density at radius 1 is 1.00 bits per heavy atom. The summed E-state index contributed by atoms with van der Waals surface area (Å²) >= 11 is 7.14. The van der Waals surface area contributed by atoms with Gasteiger partial charge in [0.05, 0.1) is 0 Å². The molecule has 0 aliphatic carbocycles. The fourth-order valence-electron chi connectivity index (χ4n) is 1.51. The molecule has 2 aromatic carbocycles. The number of halogens is 1. The standard InChI is InChI=1S/C14H13BrS2/c1-16-14-5-3-2-4-11(14)10-17-13-8-6-12(15)7-9-13/h2-9H,10H2,1H3. The summed E-state index contributed by atoms with van der Waals surface area (Å²) in [5.41, 5.74) is 1.41. The Kier molecular flexibility index (Phi) is 5.01. The zero-order valence-electron chi connectivity index (χ0n) is 9.52. The second-order valence-electron chi connectivity index (χ2n) is 3.55. The Balaban J connectivity index is 2.04. The maximum Gasteiger partial charge on any atom is 0.0243 e. The van der Waals surface area contributed by atoms with E-state index in [-0.39, 0.29) is 0 Å². The second kappa shape index (κ2) is 6.53. The van der Waals surface area contributed by atoms with Crippen molar-refractivity contribution in [1.29, 1.82) is 0 Å². The molecular weight excluding hydrogens is 312 g/mol. The lowest BCUT2D eigenvalue weighted by molar-refractivity contribution is 1.26. The lowest BCUT2D eigenvalue weighted by Gasteiger charge is -2.06. The first-order chi connectivity index (χ1) is 8.29.